The fraction of sp³-hybridized carbons (Fsp3) is 0.350. The van der Waals surface area contributed by atoms with Crippen LogP contribution in [0.2, 0.25) is 0 Å². The van der Waals surface area contributed by atoms with Crippen molar-refractivity contribution in [2.45, 2.75) is 39.8 Å². The summed E-state index contributed by atoms with van der Waals surface area (Å²) in [5.41, 5.74) is 3.05. The molecule has 3 heterocycles. The number of urea groups is 1. The molecule has 1 aromatic carbocycles. The van der Waals surface area contributed by atoms with Crippen molar-refractivity contribution in [1.82, 2.24) is 14.5 Å². The monoisotopic (exact) mass is 382 g/mol. The molecule has 140 valence electrons. The summed E-state index contributed by atoms with van der Waals surface area (Å²) in [7, 11) is 0. The maximum Gasteiger partial charge on any atom is 0.322 e. The molecule has 0 spiro atoms. The van der Waals surface area contributed by atoms with Gasteiger partial charge in [0.1, 0.15) is 4.83 Å². The number of anilines is 1. The minimum atomic E-state index is -0.113. The number of fused-ring (bicyclic) bond motifs is 3. The lowest BCUT2D eigenvalue weighted by Crippen LogP contribution is -2.38. The Morgan fingerprint density at radius 1 is 1.30 bits per heavy atom. The number of hydrogen-bond donors (Lipinski definition) is 1. The molecule has 0 atom stereocenters. The molecule has 0 aliphatic carbocycles. The Morgan fingerprint density at radius 3 is 2.81 bits per heavy atom. The van der Waals surface area contributed by atoms with Crippen molar-refractivity contribution in [2.75, 3.05) is 11.9 Å². The predicted octanol–water partition coefficient (Wildman–Crippen LogP) is 3.77. The first-order valence-corrected chi connectivity index (χ1v) is 10.0. The van der Waals surface area contributed by atoms with Crippen LogP contribution in [0.3, 0.4) is 0 Å². The molecular formula is C20H22N4O2S. The average Bonchev–Trinajstić information content (AvgIpc) is 3.04. The molecule has 4 rings (SSSR count). The molecule has 0 saturated heterocycles. The van der Waals surface area contributed by atoms with Gasteiger partial charge in [-0.05, 0) is 37.5 Å². The van der Waals surface area contributed by atoms with E-state index in [2.05, 4.69) is 10.3 Å². The Balaban J connectivity index is 1.58. The first-order chi connectivity index (χ1) is 13.1. The standard InChI is InChI=1S/C20H22N4O2S/c1-3-9-24-12-21-18-17(19(24)25)15-8-10-23(11-16(15)27-18)20(26)22-14-6-4-13(2)5-7-14/h4-7,12H,3,8-11H2,1-2H3,(H,22,26). The van der Waals surface area contributed by atoms with Gasteiger partial charge in [-0.2, -0.15) is 0 Å². The summed E-state index contributed by atoms with van der Waals surface area (Å²) in [4.78, 5) is 33.5. The number of aromatic nitrogens is 2. The molecule has 0 unspecified atom stereocenters. The molecule has 27 heavy (non-hydrogen) atoms. The number of rotatable bonds is 3. The molecule has 0 radical (unpaired) electrons. The van der Waals surface area contributed by atoms with E-state index in [0.29, 0.717) is 26.1 Å². The van der Waals surface area contributed by atoms with E-state index >= 15 is 0 Å². The van der Waals surface area contributed by atoms with Gasteiger partial charge in [-0.15, -0.1) is 11.3 Å². The second-order valence-corrected chi connectivity index (χ2v) is 7.98. The molecule has 2 amide bonds. The molecule has 0 saturated carbocycles. The van der Waals surface area contributed by atoms with Crippen LogP contribution in [0.15, 0.2) is 35.4 Å². The van der Waals surface area contributed by atoms with Gasteiger partial charge in [0, 0.05) is 23.7 Å². The van der Waals surface area contributed by atoms with Crippen LogP contribution in [0, 0.1) is 6.92 Å². The zero-order chi connectivity index (χ0) is 19.0. The van der Waals surface area contributed by atoms with E-state index in [1.54, 1.807) is 15.8 Å². The number of nitrogens with one attached hydrogen (secondary N) is 1. The van der Waals surface area contributed by atoms with Crippen LogP contribution < -0.4 is 10.9 Å². The Kier molecular flexibility index (Phi) is 4.70. The fourth-order valence-electron chi connectivity index (χ4n) is 3.43. The topological polar surface area (TPSA) is 67.2 Å². The van der Waals surface area contributed by atoms with Crippen molar-refractivity contribution >= 4 is 33.3 Å². The van der Waals surface area contributed by atoms with E-state index in [9.17, 15) is 9.59 Å². The normalized spacial score (nSPS) is 13.6. The van der Waals surface area contributed by atoms with Gasteiger partial charge in [-0.25, -0.2) is 9.78 Å². The Labute approximate surface area is 161 Å². The average molecular weight is 382 g/mol. The van der Waals surface area contributed by atoms with Gasteiger partial charge in [0.25, 0.3) is 5.56 Å². The lowest BCUT2D eigenvalue weighted by atomic mass is 10.1. The lowest BCUT2D eigenvalue weighted by molar-refractivity contribution is 0.207. The second kappa shape index (κ2) is 7.15. The van der Waals surface area contributed by atoms with E-state index in [4.69, 9.17) is 0 Å². The van der Waals surface area contributed by atoms with Crippen molar-refractivity contribution in [3.8, 4) is 0 Å². The Bertz CT molecular complexity index is 1050. The first-order valence-electron chi connectivity index (χ1n) is 9.19. The zero-order valence-electron chi connectivity index (χ0n) is 15.5. The van der Waals surface area contributed by atoms with Gasteiger partial charge in [0.05, 0.1) is 18.3 Å². The molecule has 1 aliphatic rings. The van der Waals surface area contributed by atoms with E-state index in [1.165, 1.54) is 11.3 Å². The number of carbonyl (C=O) groups is 1. The van der Waals surface area contributed by atoms with Gasteiger partial charge < -0.3 is 10.2 Å². The Morgan fingerprint density at radius 2 is 2.07 bits per heavy atom. The third kappa shape index (κ3) is 3.35. The predicted molar refractivity (Wildman–Crippen MR) is 108 cm³/mol. The molecule has 0 fully saturated rings. The van der Waals surface area contributed by atoms with Crippen LogP contribution in [0.1, 0.15) is 29.3 Å². The van der Waals surface area contributed by atoms with Gasteiger partial charge in [0.15, 0.2) is 0 Å². The minimum absolute atomic E-state index is 0.0388. The number of aryl methyl sites for hydroxylation is 2. The smallest absolute Gasteiger partial charge is 0.319 e. The van der Waals surface area contributed by atoms with E-state index in [0.717, 1.165) is 38.3 Å². The summed E-state index contributed by atoms with van der Waals surface area (Å²) in [5.74, 6) is 0. The van der Waals surface area contributed by atoms with Gasteiger partial charge in [-0.3, -0.25) is 9.36 Å². The van der Waals surface area contributed by atoms with Crippen molar-refractivity contribution < 1.29 is 4.79 Å². The van der Waals surface area contributed by atoms with Crippen molar-refractivity contribution in [3.05, 3.63) is 57.0 Å². The van der Waals surface area contributed by atoms with Gasteiger partial charge in [-0.1, -0.05) is 24.6 Å². The minimum Gasteiger partial charge on any atom is -0.319 e. The molecule has 6 nitrogen and oxygen atoms in total. The lowest BCUT2D eigenvalue weighted by Gasteiger charge is -2.27. The van der Waals surface area contributed by atoms with Gasteiger partial charge in [0.2, 0.25) is 0 Å². The second-order valence-electron chi connectivity index (χ2n) is 6.89. The number of hydrogen-bond acceptors (Lipinski definition) is 4. The van der Waals surface area contributed by atoms with Crippen molar-refractivity contribution in [3.63, 3.8) is 0 Å². The zero-order valence-corrected chi connectivity index (χ0v) is 16.3. The molecule has 0 bridgehead atoms. The maximum atomic E-state index is 12.8. The third-order valence-electron chi connectivity index (χ3n) is 4.88. The molecule has 2 aromatic heterocycles. The van der Waals surface area contributed by atoms with E-state index in [-0.39, 0.29) is 11.6 Å². The maximum absolute atomic E-state index is 12.8. The van der Waals surface area contributed by atoms with E-state index < -0.39 is 0 Å². The molecule has 3 aromatic rings. The highest BCUT2D eigenvalue weighted by Crippen LogP contribution is 2.32. The number of benzene rings is 1. The summed E-state index contributed by atoms with van der Waals surface area (Å²) in [6.45, 7) is 5.85. The van der Waals surface area contributed by atoms with Crippen LogP contribution in [0.4, 0.5) is 10.5 Å². The van der Waals surface area contributed by atoms with Crippen molar-refractivity contribution in [1.29, 1.82) is 0 Å². The van der Waals surface area contributed by atoms with Crippen LogP contribution in [0.5, 0.6) is 0 Å². The molecule has 1 N–H and O–H groups in total. The quantitative estimate of drug-likeness (QED) is 0.750. The summed E-state index contributed by atoms with van der Waals surface area (Å²) in [6.07, 6.45) is 3.22. The number of amides is 2. The highest BCUT2D eigenvalue weighted by molar-refractivity contribution is 7.18. The summed E-state index contributed by atoms with van der Waals surface area (Å²) < 4.78 is 1.69. The number of carbonyl (C=O) groups excluding carboxylic acids is 1. The SMILES string of the molecule is CCCn1cnc2sc3c(c2c1=O)CCN(C(=O)Nc1ccc(C)cc1)C3. The summed E-state index contributed by atoms with van der Waals surface area (Å²) in [6, 6.07) is 7.65. The highest BCUT2D eigenvalue weighted by atomic mass is 32.1. The van der Waals surface area contributed by atoms with Crippen LogP contribution >= 0.6 is 11.3 Å². The Hall–Kier alpha value is -2.67. The van der Waals surface area contributed by atoms with Crippen molar-refractivity contribution in [2.24, 2.45) is 0 Å². The third-order valence-corrected chi connectivity index (χ3v) is 6.01. The highest BCUT2D eigenvalue weighted by Gasteiger charge is 2.26. The molecule has 1 aliphatic heterocycles. The number of nitrogens with zero attached hydrogens (tertiary/aromatic N) is 3. The van der Waals surface area contributed by atoms with Gasteiger partial charge >= 0.3 is 6.03 Å². The van der Waals surface area contributed by atoms with Crippen LogP contribution in [0.25, 0.3) is 10.2 Å². The van der Waals surface area contributed by atoms with Crippen LogP contribution in [-0.4, -0.2) is 27.0 Å². The summed E-state index contributed by atoms with van der Waals surface area (Å²) >= 11 is 1.52. The summed E-state index contributed by atoms with van der Waals surface area (Å²) in [5, 5.41) is 3.69. The largest absolute Gasteiger partial charge is 0.322 e. The van der Waals surface area contributed by atoms with Crippen LogP contribution in [-0.2, 0) is 19.5 Å². The fourth-order valence-corrected chi connectivity index (χ4v) is 4.63. The molecule has 7 heteroatoms. The van der Waals surface area contributed by atoms with E-state index in [1.807, 2.05) is 38.1 Å². The number of thiophene rings is 1. The first kappa shape index (κ1) is 17.7. The molecular weight excluding hydrogens is 360 g/mol.